The maximum absolute atomic E-state index is 11.7. The van der Waals surface area contributed by atoms with E-state index in [0.29, 0.717) is 18.7 Å². The monoisotopic (exact) mass is 246 g/mol. The molecule has 1 aromatic rings. The van der Waals surface area contributed by atoms with E-state index in [1.807, 2.05) is 30.1 Å². The van der Waals surface area contributed by atoms with Crippen molar-refractivity contribution in [3.63, 3.8) is 0 Å². The van der Waals surface area contributed by atoms with Gasteiger partial charge in [0, 0.05) is 13.0 Å². The van der Waals surface area contributed by atoms with Crippen LogP contribution in [0.3, 0.4) is 0 Å². The number of esters is 1. The molecule has 0 aromatic heterocycles. The van der Waals surface area contributed by atoms with Gasteiger partial charge in [0.1, 0.15) is 5.71 Å². The predicted molar refractivity (Wildman–Crippen MR) is 70.2 cm³/mol. The van der Waals surface area contributed by atoms with Crippen LogP contribution in [0.4, 0.5) is 0 Å². The molecule has 1 aliphatic heterocycles. The summed E-state index contributed by atoms with van der Waals surface area (Å²) in [6.45, 7) is 5.01. The Morgan fingerprint density at radius 2 is 2.11 bits per heavy atom. The zero-order valence-electron chi connectivity index (χ0n) is 10.8. The van der Waals surface area contributed by atoms with Gasteiger partial charge in [-0.2, -0.15) is 5.10 Å². The third kappa shape index (κ3) is 2.53. The molecule has 18 heavy (non-hydrogen) atoms. The number of carbonyl (C=O) groups excluding carboxylic acids is 1. The highest BCUT2D eigenvalue weighted by molar-refractivity contribution is 6.36. The third-order valence-corrected chi connectivity index (χ3v) is 3.02. The van der Waals surface area contributed by atoms with Gasteiger partial charge in [-0.15, -0.1) is 0 Å². The number of carbonyl (C=O) groups is 1. The lowest BCUT2D eigenvalue weighted by molar-refractivity contribution is -0.135. The zero-order valence-corrected chi connectivity index (χ0v) is 10.8. The molecule has 1 aliphatic rings. The van der Waals surface area contributed by atoms with Crippen molar-refractivity contribution < 1.29 is 9.53 Å². The summed E-state index contributed by atoms with van der Waals surface area (Å²) in [4.78, 5) is 11.7. The Labute approximate surface area is 107 Å². The molecule has 2 rings (SSSR count). The highest BCUT2D eigenvalue weighted by Gasteiger charge is 2.30. The minimum atomic E-state index is -0.297. The number of hydrogen-bond donors (Lipinski definition) is 0. The molecule has 4 heteroatoms. The van der Waals surface area contributed by atoms with Crippen LogP contribution >= 0.6 is 0 Å². The maximum atomic E-state index is 11.7. The van der Waals surface area contributed by atoms with Gasteiger partial charge in [0.2, 0.25) is 0 Å². The quantitative estimate of drug-likeness (QED) is 0.766. The fraction of sp³-hybridized carbons (Fsp3) is 0.429. The van der Waals surface area contributed by atoms with Gasteiger partial charge in [0.25, 0.3) is 0 Å². The molecule has 4 nitrogen and oxygen atoms in total. The van der Waals surface area contributed by atoms with Crippen molar-refractivity contribution in [2.24, 2.45) is 5.10 Å². The summed E-state index contributed by atoms with van der Waals surface area (Å²) >= 11 is 0. The van der Waals surface area contributed by atoms with Crippen LogP contribution in [0, 0.1) is 0 Å². The first-order valence-electron chi connectivity index (χ1n) is 6.32. The van der Waals surface area contributed by atoms with E-state index in [-0.39, 0.29) is 12.0 Å². The predicted octanol–water partition coefficient (Wildman–Crippen LogP) is 2.37. The van der Waals surface area contributed by atoms with Crippen LogP contribution in [0.1, 0.15) is 31.9 Å². The normalized spacial score (nSPS) is 18.7. The number of rotatable bonds is 4. The Hall–Kier alpha value is -1.84. The standard InChI is InChI=1S/C14H18N2O2/c1-3-16-13(11-8-6-5-7-9-11)10-12(15-16)14(17)18-4-2/h5-9,13H,3-4,10H2,1-2H3. The summed E-state index contributed by atoms with van der Waals surface area (Å²) in [5.74, 6) is -0.297. The summed E-state index contributed by atoms with van der Waals surface area (Å²) in [5, 5.41) is 6.30. The van der Waals surface area contributed by atoms with Crippen molar-refractivity contribution in [2.45, 2.75) is 26.3 Å². The van der Waals surface area contributed by atoms with Gasteiger partial charge in [0.15, 0.2) is 0 Å². The van der Waals surface area contributed by atoms with Crippen LogP contribution in [-0.2, 0) is 9.53 Å². The summed E-state index contributed by atoms with van der Waals surface area (Å²) in [5.41, 5.74) is 1.70. The van der Waals surface area contributed by atoms with Gasteiger partial charge >= 0.3 is 5.97 Å². The molecule has 0 N–H and O–H groups in total. The summed E-state index contributed by atoms with van der Waals surface area (Å²) < 4.78 is 5.01. The van der Waals surface area contributed by atoms with Crippen LogP contribution in [0.25, 0.3) is 0 Å². The van der Waals surface area contributed by atoms with Gasteiger partial charge < -0.3 is 4.74 Å². The van der Waals surface area contributed by atoms with Gasteiger partial charge in [-0.25, -0.2) is 4.79 Å². The van der Waals surface area contributed by atoms with Crippen molar-refractivity contribution in [3.05, 3.63) is 35.9 Å². The van der Waals surface area contributed by atoms with Gasteiger partial charge in [-0.3, -0.25) is 5.01 Å². The van der Waals surface area contributed by atoms with Crippen molar-refractivity contribution in [3.8, 4) is 0 Å². The van der Waals surface area contributed by atoms with Crippen LogP contribution < -0.4 is 0 Å². The van der Waals surface area contributed by atoms with Crippen LogP contribution in [0.5, 0.6) is 0 Å². The van der Waals surface area contributed by atoms with Crippen molar-refractivity contribution in [1.82, 2.24) is 5.01 Å². The molecule has 0 fully saturated rings. The van der Waals surface area contributed by atoms with E-state index in [9.17, 15) is 4.79 Å². The first kappa shape index (κ1) is 12.6. The van der Waals surface area contributed by atoms with E-state index in [1.54, 1.807) is 6.92 Å². The number of hydrazone groups is 1. The molecule has 96 valence electrons. The molecule has 0 saturated heterocycles. The van der Waals surface area contributed by atoms with Gasteiger partial charge in [-0.1, -0.05) is 30.3 Å². The third-order valence-electron chi connectivity index (χ3n) is 3.02. The van der Waals surface area contributed by atoms with Crippen LogP contribution in [0.2, 0.25) is 0 Å². The lowest BCUT2D eigenvalue weighted by Crippen LogP contribution is -2.19. The molecular formula is C14H18N2O2. The van der Waals surface area contributed by atoms with E-state index in [2.05, 4.69) is 17.2 Å². The summed E-state index contributed by atoms with van der Waals surface area (Å²) in [7, 11) is 0. The fourth-order valence-electron chi connectivity index (χ4n) is 2.15. The highest BCUT2D eigenvalue weighted by Crippen LogP contribution is 2.30. The maximum Gasteiger partial charge on any atom is 0.354 e. The second kappa shape index (κ2) is 5.67. The Balaban J connectivity index is 2.15. The smallest absolute Gasteiger partial charge is 0.354 e. The second-order valence-corrected chi connectivity index (χ2v) is 4.15. The number of nitrogens with zero attached hydrogens (tertiary/aromatic N) is 2. The molecule has 0 bridgehead atoms. The van der Waals surface area contributed by atoms with E-state index < -0.39 is 0 Å². The van der Waals surface area contributed by atoms with Crippen LogP contribution in [-0.4, -0.2) is 29.8 Å². The topological polar surface area (TPSA) is 41.9 Å². The zero-order chi connectivity index (χ0) is 13.0. The molecular weight excluding hydrogens is 228 g/mol. The number of hydrogen-bond acceptors (Lipinski definition) is 4. The molecule has 1 unspecified atom stereocenters. The average Bonchev–Trinajstić information content (AvgIpc) is 2.84. The molecule has 1 aromatic carbocycles. The van der Waals surface area contributed by atoms with Crippen molar-refractivity contribution in [1.29, 1.82) is 0 Å². The Kier molecular flexibility index (Phi) is 3.97. The molecule has 0 amide bonds. The lowest BCUT2D eigenvalue weighted by Gasteiger charge is -2.21. The second-order valence-electron chi connectivity index (χ2n) is 4.15. The fourth-order valence-corrected chi connectivity index (χ4v) is 2.15. The summed E-state index contributed by atoms with van der Waals surface area (Å²) in [6, 6.07) is 10.3. The number of benzene rings is 1. The minimum Gasteiger partial charge on any atom is -0.461 e. The van der Waals surface area contributed by atoms with E-state index >= 15 is 0 Å². The molecule has 0 radical (unpaired) electrons. The average molecular weight is 246 g/mol. The van der Waals surface area contributed by atoms with Crippen LogP contribution in [0.15, 0.2) is 35.4 Å². The molecule has 0 saturated carbocycles. The van der Waals surface area contributed by atoms with Gasteiger partial charge in [0.05, 0.1) is 12.6 Å². The highest BCUT2D eigenvalue weighted by atomic mass is 16.5. The molecule has 0 spiro atoms. The van der Waals surface area contributed by atoms with Gasteiger partial charge in [-0.05, 0) is 19.4 Å². The minimum absolute atomic E-state index is 0.149. The Bertz CT molecular complexity index is 442. The largest absolute Gasteiger partial charge is 0.461 e. The molecule has 1 heterocycles. The number of ether oxygens (including phenoxy) is 1. The summed E-state index contributed by atoms with van der Waals surface area (Å²) in [6.07, 6.45) is 0.622. The molecule has 1 atom stereocenters. The van der Waals surface area contributed by atoms with E-state index in [4.69, 9.17) is 4.74 Å². The Morgan fingerprint density at radius 3 is 2.72 bits per heavy atom. The van der Waals surface area contributed by atoms with Crippen molar-refractivity contribution in [2.75, 3.05) is 13.2 Å². The first-order chi connectivity index (χ1) is 8.76. The first-order valence-corrected chi connectivity index (χ1v) is 6.32. The Morgan fingerprint density at radius 1 is 1.39 bits per heavy atom. The van der Waals surface area contributed by atoms with E-state index in [1.165, 1.54) is 5.56 Å². The van der Waals surface area contributed by atoms with E-state index in [0.717, 1.165) is 6.54 Å². The molecule has 0 aliphatic carbocycles. The lowest BCUT2D eigenvalue weighted by atomic mass is 10.0. The SMILES string of the molecule is CCOC(=O)C1=NN(CC)C(c2ccccc2)C1. The van der Waals surface area contributed by atoms with Crippen molar-refractivity contribution >= 4 is 11.7 Å².